The van der Waals surface area contributed by atoms with Crippen molar-refractivity contribution in [2.45, 2.75) is 57.4 Å². The Kier molecular flexibility index (Phi) is 8.42. The normalized spacial score (nSPS) is 21.9. The maximum atomic E-state index is 12.2. The van der Waals surface area contributed by atoms with Crippen LogP contribution < -0.4 is 15.5 Å². The van der Waals surface area contributed by atoms with Gasteiger partial charge in [0.2, 0.25) is 0 Å². The average Bonchev–Trinajstić information content (AvgIpc) is 2.66. The molecular formula is C20H34N4OS. The zero-order valence-corrected chi connectivity index (χ0v) is 17.4. The summed E-state index contributed by atoms with van der Waals surface area (Å²) in [6, 6.07) is 8.82. The molecule has 5 nitrogen and oxygen atoms in total. The highest BCUT2D eigenvalue weighted by Gasteiger charge is 2.26. The minimum Gasteiger partial charge on any atom is -0.378 e. The van der Waals surface area contributed by atoms with E-state index >= 15 is 0 Å². The van der Waals surface area contributed by atoms with Crippen LogP contribution in [0.15, 0.2) is 29.3 Å². The van der Waals surface area contributed by atoms with Gasteiger partial charge < -0.3 is 15.5 Å². The molecule has 1 saturated carbocycles. The number of nitrogens with zero attached hydrogens (tertiary/aromatic N) is 2. The van der Waals surface area contributed by atoms with Crippen LogP contribution in [0.4, 0.5) is 5.69 Å². The summed E-state index contributed by atoms with van der Waals surface area (Å²) in [6.45, 7) is 5.58. The summed E-state index contributed by atoms with van der Waals surface area (Å²) in [7, 11) is 3.40. The Morgan fingerprint density at radius 1 is 1.31 bits per heavy atom. The lowest BCUT2D eigenvalue weighted by Gasteiger charge is -2.30. The molecule has 26 heavy (non-hydrogen) atoms. The van der Waals surface area contributed by atoms with Gasteiger partial charge in [0.15, 0.2) is 5.96 Å². The first-order chi connectivity index (χ1) is 12.5. The molecule has 6 heteroatoms. The molecule has 0 bridgehead atoms. The van der Waals surface area contributed by atoms with Crippen LogP contribution in [0.2, 0.25) is 0 Å². The molecule has 3 unspecified atom stereocenters. The van der Waals surface area contributed by atoms with Crippen molar-refractivity contribution in [2.24, 2.45) is 4.99 Å². The second kappa shape index (κ2) is 10.6. The standard InChI is InChI=1S/C20H34N4OS/c1-5-21-20(22-15-16-9-7-11-18(13-16)24(3)4)23-17-10-8-12-19(14-17)26(25)6-2/h7,9,11,13,17,19H,5-6,8,10,12,14-15H2,1-4H3,(H2,21,22,23). The number of nitrogens with one attached hydrogen (secondary N) is 2. The zero-order valence-electron chi connectivity index (χ0n) is 16.6. The Hall–Kier alpha value is -1.56. The van der Waals surface area contributed by atoms with E-state index < -0.39 is 10.8 Å². The van der Waals surface area contributed by atoms with Crippen LogP contribution in [0.25, 0.3) is 0 Å². The zero-order chi connectivity index (χ0) is 18.9. The van der Waals surface area contributed by atoms with Gasteiger partial charge >= 0.3 is 0 Å². The van der Waals surface area contributed by atoms with Crippen LogP contribution >= 0.6 is 0 Å². The highest BCUT2D eigenvalue weighted by Crippen LogP contribution is 2.23. The van der Waals surface area contributed by atoms with E-state index in [0.29, 0.717) is 17.8 Å². The van der Waals surface area contributed by atoms with Crippen molar-refractivity contribution in [1.29, 1.82) is 0 Å². The average molecular weight is 379 g/mol. The minimum absolute atomic E-state index is 0.325. The second-order valence-electron chi connectivity index (χ2n) is 7.06. The molecule has 0 aliphatic heterocycles. The van der Waals surface area contributed by atoms with Crippen LogP contribution in [-0.2, 0) is 17.3 Å². The Balaban J connectivity index is 2.00. The smallest absolute Gasteiger partial charge is 0.191 e. The van der Waals surface area contributed by atoms with E-state index in [1.807, 2.05) is 21.0 Å². The van der Waals surface area contributed by atoms with Gasteiger partial charge in [-0.05, 0) is 43.9 Å². The van der Waals surface area contributed by atoms with Gasteiger partial charge in [-0.2, -0.15) is 0 Å². The number of guanidine groups is 1. The van der Waals surface area contributed by atoms with Gasteiger partial charge in [-0.1, -0.05) is 25.5 Å². The van der Waals surface area contributed by atoms with Crippen LogP contribution in [0.1, 0.15) is 45.1 Å². The third kappa shape index (κ3) is 6.31. The van der Waals surface area contributed by atoms with Gasteiger partial charge in [0, 0.05) is 54.2 Å². The summed E-state index contributed by atoms with van der Waals surface area (Å²) >= 11 is 0. The number of aliphatic imine (C=N–C) groups is 1. The fourth-order valence-electron chi connectivity index (χ4n) is 3.37. The van der Waals surface area contributed by atoms with Crippen molar-refractivity contribution < 1.29 is 4.21 Å². The van der Waals surface area contributed by atoms with Gasteiger partial charge in [0.25, 0.3) is 0 Å². The quantitative estimate of drug-likeness (QED) is 0.566. The Labute approximate surface area is 161 Å². The first kappa shape index (κ1) is 20.7. The van der Waals surface area contributed by atoms with Crippen LogP contribution in [0, 0.1) is 0 Å². The lowest BCUT2D eigenvalue weighted by Crippen LogP contribution is -2.46. The summed E-state index contributed by atoms with van der Waals surface area (Å²) in [4.78, 5) is 6.87. The van der Waals surface area contributed by atoms with Crippen molar-refractivity contribution in [3.8, 4) is 0 Å². The molecule has 1 aromatic carbocycles. The molecule has 1 fully saturated rings. The van der Waals surface area contributed by atoms with Crippen molar-refractivity contribution in [3.63, 3.8) is 0 Å². The SMILES string of the molecule is CCNC(=NCc1cccc(N(C)C)c1)NC1CCCC(S(=O)CC)C1. The molecule has 0 amide bonds. The van der Waals surface area contributed by atoms with Crippen molar-refractivity contribution in [1.82, 2.24) is 10.6 Å². The molecule has 3 atom stereocenters. The first-order valence-electron chi connectivity index (χ1n) is 9.71. The fourth-order valence-corrected chi connectivity index (χ4v) is 4.72. The van der Waals surface area contributed by atoms with E-state index in [2.05, 4.69) is 46.7 Å². The number of anilines is 1. The van der Waals surface area contributed by atoms with Crippen LogP contribution in [0.5, 0.6) is 0 Å². The van der Waals surface area contributed by atoms with Crippen molar-refractivity contribution in [3.05, 3.63) is 29.8 Å². The van der Waals surface area contributed by atoms with E-state index in [1.54, 1.807) is 0 Å². The lowest BCUT2D eigenvalue weighted by atomic mass is 9.95. The highest BCUT2D eigenvalue weighted by atomic mass is 32.2. The number of hydrogen-bond donors (Lipinski definition) is 2. The number of rotatable bonds is 7. The summed E-state index contributed by atoms with van der Waals surface area (Å²) in [5.41, 5.74) is 2.38. The van der Waals surface area contributed by atoms with E-state index in [0.717, 1.165) is 43.9 Å². The first-order valence-corrected chi connectivity index (χ1v) is 11.1. The molecule has 1 aliphatic rings. The molecule has 1 aromatic rings. The van der Waals surface area contributed by atoms with Crippen LogP contribution in [0.3, 0.4) is 0 Å². The molecule has 0 heterocycles. The third-order valence-corrected chi connectivity index (χ3v) is 6.55. The molecule has 0 radical (unpaired) electrons. The molecule has 2 N–H and O–H groups in total. The molecular weight excluding hydrogens is 344 g/mol. The van der Waals surface area contributed by atoms with Crippen LogP contribution in [-0.4, -0.2) is 47.9 Å². The number of hydrogen-bond acceptors (Lipinski definition) is 3. The van der Waals surface area contributed by atoms with Gasteiger partial charge in [-0.3, -0.25) is 4.21 Å². The summed E-state index contributed by atoms with van der Waals surface area (Å²) in [5, 5.41) is 7.24. The van der Waals surface area contributed by atoms with Crippen molar-refractivity contribution in [2.75, 3.05) is 31.3 Å². The molecule has 0 aromatic heterocycles. The molecule has 146 valence electrons. The number of benzene rings is 1. The van der Waals surface area contributed by atoms with Gasteiger partial charge in [0.05, 0.1) is 6.54 Å². The van der Waals surface area contributed by atoms with Gasteiger partial charge in [-0.15, -0.1) is 0 Å². The molecule has 0 saturated heterocycles. The summed E-state index contributed by atoms with van der Waals surface area (Å²) in [5.74, 6) is 1.61. The molecule has 1 aliphatic carbocycles. The maximum Gasteiger partial charge on any atom is 0.191 e. The summed E-state index contributed by atoms with van der Waals surface area (Å²) in [6.07, 6.45) is 4.32. The van der Waals surface area contributed by atoms with E-state index in [4.69, 9.17) is 4.99 Å². The second-order valence-corrected chi connectivity index (χ2v) is 9.06. The van der Waals surface area contributed by atoms with E-state index in [1.165, 1.54) is 11.3 Å². The summed E-state index contributed by atoms with van der Waals surface area (Å²) < 4.78 is 12.2. The largest absolute Gasteiger partial charge is 0.378 e. The highest BCUT2D eigenvalue weighted by molar-refractivity contribution is 7.85. The monoisotopic (exact) mass is 378 g/mol. The van der Waals surface area contributed by atoms with E-state index in [9.17, 15) is 4.21 Å². The van der Waals surface area contributed by atoms with Gasteiger partial charge in [0.1, 0.15) is 0 Å². The topological polar surface area (TPSA) is 56.7 Å². The lowest BCUT2D eigenvalue weighted by molar-refractivity contribution is 0.413. The maximum absolute atomic E-state index is 12.2. The Morgan fingerprint density at radius 3 is 2.81 bits per heavy atom. The molecule has 2 rings (SSSR count). The third-order valence-electron chi connectivity index (χ3n) is 4.81. The van der Waals surface area contributed by atoms with Crippen molar-refractivity contribution >= 4 is 22.4 Å². The van der Waals surface area contributed by atoms with Gasteiger partial charge in [-0.25, -0.2) is 4.99 Å². The predicted octanol–water partition coefficient (Wildman–Crippen LogP) is 2.89. The Morgan fingerprint density at radius 2 is 2.12 bits per heavy atom. The Bertz CT molecular complexity index is 618. The molecule has 0 spiro atoms. The fraction of sp³-hybridized carbons (Fsp3) is 0.650. The van der Waals surface area contributed by atoms with E-state index in [-0.39, 0.29) is 0 Å². The predicted molar refractivity (Wildman–Crippen MR) is 113 cm³/mol. The minimum atomic E-state index is -0.698.